The van der Waals surface area contributed by atoms with Crippen LogP contribution in [0.4, 0.5) is 0 Å². The van der Waals surface area contributed by atoms with Gasteiger partial charge in [-0.1, -0.05) is 44.6 Å². The van der Waals surface area contributed by atoms with E-state index in [2.05, 4.69) is 33.4 Å². The second kappa shape index (κ2) is 16.1. The highest BCUT2D eigenvalue weighted by Crippen LogP contribution is 2.71. The van der Waals surface area contributed by atoms with Gasteiger partial charge >= 0.3 is 0 Å². The zero-order valence-corrected chi connectivity index (χ0v) is 35.4. The Morgan fingerprint density at radius 1 is 0.750 bits per heavy atom. The van der Waals surface area contributed by atoms with Gasteiger partial charge in [0.2, 0.25) is 0 Å². The van der Waals surface area contributed by atoms with Crippen molar-refractivity contribution in [2.45, 2.75) is 196 Å². The Labute approximate surface area is 351 Å². The summed E-state index contributed by atoms with van der Waals surface area (Å²) in [7, 11) is 0. The average Bonchev–Trinajstić information content (AvgIpc) is 3.66. The zero-order valence-electron chi connectivity index (χ0n) is 35.4. The van der Waals surface area contributed by atoms with Crippen LogP contribution in [-0.4, -0.2) is 164 Å². The van der Waals surface area contributed by atoms with Crippen LogP contribution in [0.1, 0.15) is 86.0 Å². The maximum Gasteiger partial charge on any atom is 0.187 e. The van der Waals surface area contributed by atoms with Gasteiger partial charge in [0.25, 0.3) is 0 Å². The highest BCUT2D eigenvalue weighted by atomic mass is 16.8. The van der Waals surface area contributed by atoms with Crippen molar-refractivity contribution in [3.8, 4) is 0 Å². The first kappa shape index (κ1) is 44.1. The van der Waals surface area contributed by atoms with Crippen molar-refractivity contribution < 1.29 is 78.7 Å². The third-order valence-corrected chi connectivity index (χ3v) is 17.1. The Hall–Kier alpha value is -1.16. The molecule has 1 spiro atoms. The normalized spacial score (nSPS) is 58.0. The van der Waals surface area contributed by atoms with E-state index in [4.69, 9.17) is 37.9 Å². The Balaban J connectivity index is 1.01. The first-order valence-corrected chi connectivity index (χ1v) is 22.4. The van der Waals surface area contributed by atoms with E-state index in [1.165, 1.54) is 6.92 Å². The maximum atomic E-state index is 11.6. The summed E-state index contributed by atoms with van der Waals surface area (Å²) >= 11 is 0. The smallest absolute Gasteiger partial charge is 0.187 e. The van der Waals surface area contributed by atoms with Crippen molar-refractivity contribution in [1.29, 1.82) is 0 Å². The molecule has 4 aliphatic carbocycles. The predicted molar refractivity (Wildman–Crippen MR) is 208 cm³/mol. The summed E-state index contributed by atoms with van der Waals surface area (Å²) in [5, 5.41) is 86.8. The molecule has 16 heteroatoms. The molecule has 0 aromatic rings. The molecule has 9 rings (SSSR count). The molecular formula is C44H68O16. The molecule has 0 bridgehead atoms. The Morgan fingerprint density at radius 3 is 2.18 bits per heavy atom. The minimum Gasteiger partial charge on any atom is -0.393 e. The van der Waals surface area contributed by atoms with Gasteiger partial charge in [-0.3, -0.25) is 0 Å². The lowest BCUT2D eigenvalue weighted by Gasteiger charge is -2.60. The standard InChI is InChI=1S/C44H68O16/c1-18-9-12-44(54-16-18)19(2)30-28(60-44)15-26-24-8-7-22-13-23(45)14-29(43(22,6)25(24)10-11-42(26,30)5)57-41-38(59-40-36(52)34(50)31(47)20(3)55-40)37(32(48)21(4)56-41)58-39-35(51)33(49)27(46)17-53-39/h7,19-21,23-41,45-52H,1,8-17H2,2-6H3/t19-,20+,21+,23-,24-,25+,26+,27+,28+,29+,30+,31+,32+,33-,34-,35+,36+,37-,38+,39-,40-,41-,42+,43-,44+/m1/s1. The van der Waals surface area contributed by atoms with E-state index in [-0.39, 0.29) is 36.4 Å². The molecule has 0 amide bonds. The van der Waals surface area contributed by atoms with Crippen LogP contribution in [0.3, 0.4) is 0 Å². The molecule has 0 unspecified atom stereocenters. The van der Waals surface area contributed by atoms with Crippen molar-refractivity contribution >= 4 is 0 Å². The number of aliphatic hydroxyl groups excluding tert-OH is 8. The fourth-order valence-electron chi connectivity index (χ4n) is 13.6. The van der Waals surface area contributed by atoms with Gasteiger partial charge in [-0.25, -0.2) is 0 Å². The first-order chi connectivity index (χ1) is 28.4. The van der Waals surface area contributed by atoms with Crippen LogP contribution in [0.15, 0.2) is 23.8 Å². The molecule has 8 fully saturated rings. The topological polar surface area (TPSA) is 236 Å². The van der Waals surface area contributed by atoms with Crippen LogP contribution in [0.5, 0.6) is 0 Å². The van der Waals surface area contributed by atoms with Crippen molar-refractivity contribution in [3.63, 3.8) is 0 Å². The SMILES string of the molecule is C=C1CC[C@]2(OC1)O[C@H]1C[C@H]3[C@@H]4CC=C5C[C@@H](O)C[C@H](O[C@H]6O[C@@H](C)[C@H](O)[C@@H](O[C@H]7OC[C@H](O)[C@@H](O)[C@@H]7O)[C@@H]6O[C@H]6O[C@@H](C)[C@H](O)[C@@H](O)[C@@H]6O)[C@@]5(C)[C@H]4CC[C@]3(C)[C@H]1[C@H]2C. The molecule has 9 aliphatic rings. The number of allylic oxidation sites excluding steroid dienone is 1. The number of aliphatic hydroxyl groups is 8. The lowest BCUT2D eigenvalue weighted by atomic mass is 9.46. The van der Waals surface area contributed by atoms with E-state index < -0.39 is 109 Å². The average molecular weight is 853 g/mol. The minimum atomic E-state index is -1.72. The van der Waals surface area contributed by atoms with Crippen molar-refractivity contribution in [2.75, 3.05) is 13.2 Å². The van der Waals surface area contributed by atoms with Gasteiger partial charge in [0.15, 0.2) is 24.7 Å². The van der Waals surface area contributed by atoms with E-state index >= 15 is 0 Å². The Bertz CT molecular complexity index is 1620. The second-order valence-electron chi connectivity index (χ2n) is 20.3. The molecular weight excluding hydrogens is 784 g/mol. The lowest BCUT2D eigenvalue weighted by Crippen LogP contribution is -2.66. The molecule has 340 valence electrons. The highest BCUT2D eigenvalue weighted by molar-refractivity contribution is 5.29. The summed E-state index contributed by atoms with van der Waals surface area (Å²) in [6.45, 7) is 14.5. The Kier molecular flexibility index (Phi) is 11.8. The number of hydrogen-bond donors (Lipinski definition) is 8. The molecule has 0 aromatic heterocycles. The molecule has 8 N–H and O–H groups in total. The molecule has 3 saturated carbocycles. The lowest BCUT2D eigenvalue weighted by molar-refractivity contribution is -0.391. The summed E-state index contributed by atoms with van der Waals surface area (Å²) in [6.07, 6.45) is -12.5. The highest BCUT2D eigenvalue weighted by Gasteiger charge is 2.69. The predicted octanol–water partition coefficient (Wildman–Crippen LogP) is 0.772. The summed E-state index contributed by atoms with van der Waals surface area (Å²) in [6, 6.07) is 0. The van der Waals surface area contributed by atoms with Crippen LogP contribution < -0.4 is 0 Å². The Morgan fingerprint density at radius 2 is 1.45 bits per heavy atom. The van der Waals surface area contributed by atoms with Gasteiger partial charge < -0.3 is 78.7 Å². The minimum absolute atomic E-state index is 0.0475. The number of hydrogen-bond acceptors (Lipinski definition) is 16. The quantitative estimate of drug-likeness (QED) is 0.172. The van der Waals surface area contributed by atoms with Gasteiger partial charge in [0.1, 0.15) is 54.9 Å². The van der Waals surface area contributed by atoms with Crippen LogP contribution in [0.25, 0.3) is 0 Å². The fourth-order valence-corrected chi connectivity index (χ4v) is 13.6. The largest absolute Gasteiger partial charge is 0.393 e. The van der Waals surface area contributed by atoms with Gasteiger partial charge in [0.05, 0.1) is 43.7 Å². The zero-order chi connectivity index (χ0) is 42.8. The van der Waals surface area contributed by atoms with E-state index in [1.807, 2.05) is 0 Å². The van der Waals surface area contributed by atoms with Gasteiger partial charge in [0, 0.05) is 24.2 Å². The molecule has 25 atom stereocenters. The number of fused-ring (bicyclic) bond motifs is 7. The molecule has 16 nitrogen and oxygen atoms in total. The summed E-state index contributed by atoms with van der Waals surface area (Å²) in [5.74, 6) is 0.962. The van der Waals surface area contributed by atoms with Crippen LogP contribution >= 0.6 is 0 Å². The van der Waals surface area contributed by atoms with Crippen molar-refractivity contribution in [2.24, 2.45) is 40.4 Å². The molecule has 0 aromatic carbocycles. The maximum absolute atomic E-state index is 11.6. The van der Waals surface area contributed by atoms with Gasteiger partial charge in [-0.2, -0.15) is 0 Å². The van der Waals surface area contributed by atoms with Crippen molar-refractivity contribution in [1.82, 2.24) is 0 Å². The summed E-state index contributed by atoms with van der Waals surface area (Å²) < 4.78 is 50.9. The first-order valence-electron chi connectivity index (χ1n) is 22.4. The van der Waals surface area contributed by atoms with Crippen molar-refractivity contribution in [3.05, 3.63) is 23.8 Å². The van der Waals surface area contributed by atoms with E-state index in [1.54, 1.807) is 6.92 Å². The second-order valence-corrected chi connectivity index (χ2v) is 20.3. The molecule has 60 heavy (non-hydrogen) atoms. The van der Waals surface area contributed by atoms with Crippen LogP contribution in [0, 0.1) is 40.4 Å². The number of rotatable bonds is 6. The summed E-state index contributed by atoms with van der Waals surface area (Å²) in [4.78, 5) is 0. The number of ether oxygens (including phenoxy) is 8. The van der Waals surface area contributed by atoms with Crippen LogP contribution in [-0.2, 0) is 37.9 Å². The van der Waals surface area contributed by atoms with Crippen LogP contribution in [0.2, 0.25) is 0 Å². The third kappa shape index (κ3) is 6.94. The van der Waals surface area contributed by atoms with E-state index in [9.17, 15) is 40.9 Å². The third-order valence-electron chi connectivity index (χ3n) is 17.1. The van der Waals surface area contributed by atoms with E-state index in [0.717, 1.165) is 49.7 Å². The monoisotopic (exact) mass is 852 g/mol. The molecule has 5 saturated heterocycles. The van der Waals surface area contributed by atoms with Gasteiger partial charge in [-0.05, 0) is 81.5 Å². The van der Waals surface area contributed by atoms with Gasteiger partial charge in [-0.15, -0.1) is 0 Å². The molecule has 5 aliphatic heterocycles. The molecule has 5 heterocycles. The summed E-state index contributed by atoms with van der Waals surface area (Å²) in [5.41, 5.74) is 1.75. The molecule has 0 radical (unpaired) electrons. The van der Waals surface area contributed by atoms with E-state index in [0.29, 0.717) is 30.8 Å². The fraction of sp³-hybridized carbons (Fsp3) is 0.909.